The summed E-state index contributed by atoms with van der Waals surface area (Å²) in [6.45, 7) is 5.41. The van der Waals surface area contributed by atoms with Crippen LogP contribution in [0.4, 0.5) is 0 Å². The highest BCUT2D eigenvalue weighted by Gasteiger charge is 2.44. The second-order valence-corrected chi connectivity index (χ2v) is 17.5. The number of hydrogen-bond donors (Lipinski definition) is 0. The second-order valence-electron chi connectivity index (χ2n) is 16.3. The molecule has 0 saturated carbocycles. The van der Waals surface area contributed by atoms with Gasteiger partial charge >= 0.3 is 5.97 Å². The van der Waals surface area contributed by atoms with Gasteiger partial charge in [0.1, 0.15) is 29.5 Å². The van der Waals surface area contributed by atoms with Gasteiger partial charge in [0.25, 0.3) is 0 Å². The van der Waals surface area contributed by atoms with Gasteiger partial charge in [-0.1, -0.05) is 109 Å². The Morgan fingerprint density at radius 3 is 2.11 bits per heavy atom. The largest absolute Gasteiger partial charge is 0.497 e. The van der Waals surface area contributed by atoms with Crippen LogP contribution < -0.4 is 4.74 Å². The molecule has 0 aliphatic carbocycles. The van der Waals surface area contributed by atoms with Crippen LogP contribution in [0.1, 0.15) is 55.6 Å². The molecule has 0 bridgehead atoms. The van der Waals surface area contributed by atoms with Gasteiger partial charge in [0.05, 0.1) is 84.9 Å². The van der Waals surface area contributed by atoms with Crippen LogP contribution in [0.5, 0.6) is 5.75 Å². The Morgan fingerprint density at radius 1 is 0.723 bits per heavy atom. The Morgan fingerprint density at radius 2 is 1.40 bits per heavy atom. The molecule has 7 rings (SSSR count). The lowest BCUT2D eigenvalue weighted by atomic mass is 9.86. The fraction of sp³-hybridized carbons (Fsp3) is 0.481. The topological polar surface area (TPSA) is 119 Å². The number of carbonyl (C=O) groups is 1. The normalized spacial score (nSPS) is 26.0. The van der Waals surface area contributed by atoms with Crippen molar-refractivity contribution in [2.75, 3.05) is 53.9 Å². The molecule has 4 aromatic carbocycles. The van der Waals surface area contributed by atoms with Crippen LogP contribution in [0, 0.1) is 5.92 Å². The lowest BCUT2D eigenvalue weighted by Gasteiger charge is -2.45. The summed E-state index contributed by atoms with van der Waals surface area (Å²) >= 11 is 1.67. The highest BCUT2D eigenvalue weighted by atomic mass is 32.2. The maximum Gasteiger partial charge on any atom is 0.330 e. The second kappa shape index (κ2) is 26.3. The molecule has 10 atom stereocenters. The van der Waals surface area contributed by atoms with Gasteiger partial charge in [0.15, 0.2) is 6.29 Å². The predicted octanol–water partition coefficient (Wildman–Crippen LogP) is 8.91. The molecule has 0 N–H and O–H groups in total. The van der Waals surface area contributed by atoms with Crippen LogP contribution >= 0.6 is 11.8 Å². The molecule has 0 radical (unpaired) electrons. The van der Waals surface area contributed by atoms with Crippen molar-refractivity contribution in [1.82, 2.24) is 0 Å². The summed E-state index contributed by atoms with van der Waals surface area (Å²) in [7, 11) is 3.02. The van der Waals surface area contributed by atoms with E-state index < -0.39 is 18.4 Å². The first-order chi connectivity index (χ1) is 32.0. The highest BCUT2D eigenvalue weighted by molar-refractivity contribution is 7.99. The van der Waals surface area contributed by atoms with E-state index in [0.717, 1.165) is 27.3 Å². The van der Waals surface area contributed by atoms with E-state index in [2.05, 4.69) is 36.4 Å². The number of rotatable bonds is 24. The summed E-state index contributed by atoms with van der Waals surface area (Å²) in [5.74, 6) is 0.202. The molecule has 3 heterocycles. The van der Waals surface area contributed by atoms with Gasteiger partial charge in [0.2, 0.25) is 0 Å². The minimum absolute atomic E-state index is 0.135. The quantitative estimate of drug-likeness (QED) is 0.0219. The van der Waals surface area contributed by atoms with Gasteiger partial charge in [-0.3, -0.25) is 0 Å². The Bertz CT molecular complexity index is 1970. The zero-order valence-corrected chi connectivity index (χ0v) is 38.5. The number of fused-ring (bicyclic) bond motifs is 1. The van der Waals surface area contributed by atoms with Gasteiger partial charge in [-0.25, -0.2) is 4.79 Å². The molecule has 3 aliphatic rings. The van der Waals surface area contributed by atoms with E-state index in [4.69, 9.17) is 52.1 Å². The van der Waals surface area contributed by atoms with Gasteiger partial charge in [-0.2, -0.15) is 0 Å². The number of ether oxygens (including phenoxy) is 11. The summed E-state index contributed by atoms with van der Waals surface area (Å²) in [4.78, 5) is 13.5. The van der Waals surface area contributed by atoms with Gasteiger partial charge in [-0.05, 0) is 61.6 Å². The van der Waals surface area contributed by atoms with Crippen molar-refractivity contribution in [3.63, 3.8) is 0 Å². The average Bonchev–Trinajstić information content (AvgIpc) is 3.35. The fourth-order valence-electron chi connectivity index (χ4n) is 8.30. The molecule has 3 aliphatic heterocycles. The van der Waals surface area contributed by atoms with Crippen LogP contribution in [0.2, 0.25) is 0 Å². The van der Waals surface area contributed by atoms with Crippen LogP contribution in [0.3, 0.4) is 0 Å². The molecule has 12 nitrogen and oxygen atoms in total. The minimum Gasteiger partial charge on any atom is -0.497 e. The summed E-state index contributed by atoms with van der Waals surface area (Å²) in [6, 6.07) is 38.2. The first kappa shape index (κ1) is 48.8. The third kappa shape index (κ3) is 15.2. The summed E-state index contributed by atoms with van der Waals surface area (Å²) in [5.41, 5.74) is 2.75. The van der Waals surface area contributed by atoms with Gasteiger partial charge in [-0.15, -0.1) is 0 Å². The van der Waals surface area contributed by atoms with Gasteiger partial charge in [0, 0.05) is 35.5 Å². The van der Waals surface area contributed by atoms with E-state index in [-0.39, 0.29) is 48.0 Å². The first-order valence-electron chi connectivity index (χ1n) is 22.8. The fourth-order valence-corrected chi connectivity index (χ4v) is 9.37. The smallest absolute Gasteiger partial charge is 0.330 e. The molecular formula is C52H64O12S. The third-order valence-corrected chi connectivity index (χ3v) is 12.9. The van der Waals surface area contributed by atoms with Crippen molar-refractivity contribution in [1.29, 1.82) is 0 Å². The number of thioether (sulfide) groups is 1. The van der Waals surface area contributed by atoms with E-state index in [1.807, 2.05) is 91.9 Å². The van der Waals surface area contributed by atoms with Crippen molar-refractivity contribution in [3.05, 3.63) is 144 Å². The molecule has 3 saturated heterocycles. The number of methoxy groups -OCH3 is 2. The van der Waals surface area contributed by atoms with E-state index in [0.29, 0.717) is 78.5 Å². The van der Waals surface area contributed by atoms with Crippen LogP contribution in [0.15, 0.2) is 132 Å². The monoisotopic (exact) mass is 912 g/mol. The molecule has 4 aromatic rings. The Kier molecular flexibility index (Phi) is 19.7. The number of carbonyl (C=O) groups excluding carboxylic acids is 1. The van der Waals surface area contributed by atoms with Crippen molar-refractivity contribution in [3.8, 4) is 5.75 Å². The van der Waals surface area contributed by atoms with E-state index in [1.54, 1.807) is 18.9 Å². The Labute approximate surface area is 388 Å². The minimum atomic E-state index is -0.545. The molecular weight excluding hydrogens is 849 g/mol. The molecule has 0 aromatic heterocycles. The standard InChI is InChI=1S/C52H64O12S/c1-4-56-28-29-57-34-48-46(31-44(59-33-38-16-10-6-11-17-38)47(62-48)35-58-32-37-14-8-5-9-15-37)63-51(65-42-18-12-7-13-19-42)27-25-43-40(22-26-50(53)55-3)30-45-49(61-43)36-60-52(64-45)39-20-23-41(54-2)24-21-39/h5-24,26,40,43-49,51-52H,4,25,27-36H2,1-3H3/b26-22+/t40-,43+,44-,45+,46+,47+,48-,49-,51?,52-/m1/s1. The molecule has 3 fully saturated rings. The molecule has 350 valence electrons. The summed E-state index contributed by atoms with van der Waals surface area (Å²) < 4.78 is 68.8. The van der Waals surface area contributed by atoms with Crippen LogP contribution in [-0.2, 0) is 65.4 Å². The van der Waals surface area contributed by atoms with Crippen molar-refractivity contribution < 1.29 is 56.9 Å². The maximum absolute atomic E-state index is 12.4. The summed E-state index contributed by atoms with van der Waals surface area (Å²) in [6.07, 6.45) is 3.06. The SMILES string of the molecule is CCOCCOC[C@H]1O[C@@H](COCc2ccccc2)[C@H](OCc2ccccc2)C[C@@H]1OC(CC[C@@H]1O[C@@H]2CO[C@@H](c3ccc(OC)cc3)O[C@H]2C[C@H]1/C=C/C(=O)OC)Sc1ccccc1. The first-order valence-corrected chi connectivity index (χ1v) is 23.6. The van der Waals surface area contributed by atoms with Crippen molar-refractivity contribution in [2.24, 2.45) is 5.92 Å². The van der Waals surface area contributed by atoms with E-state index >= 15 is 0 Å². The zero-order valence-electron chi connectivity index (χ0n) is 37.7. The van der Waals surface area contributed by atoms with Crippen molar-refractivity contribution in [2.45, 2.75) is 105 Å². The number of esters is 1. The van der Waals surface area contributed by atoms with Crippen LogP contribution in [-0.4, -0.2) is 108 Å². The molecule has 0 amide bonds. The summed E-state index contributed by atoms with van der Waals surface area (Å²) in [5, 5.41) is 0. The Balaban J connectivity index is 1.08. The third-order valence-electron chi connectivity index (χ3n) is 11.8. The molecule has 65 heavy (non-hydrogen) atoms. The lowest BCUT2D eigenvalue weighted by molar-refractivity contribution is -0.294. The van der Waals surface area contributed by atoms with Gasteiger partial charge < -0.3 is 52.1 Å². The maximum atomic E-state index is 12.4. The van der Waals surface area contributed by atoms with E-state index in [1.165, 1.54) is 13.2 Å². The molecule has 13 heteroatoms. The average molecular weight is 913 g/mol. The Hall–Kier alpha value is -4.12. The molecule has 1 unspecified atom stereocenters. The van der Waals surface area contributed by atoms with E-state index in [9.17, 15) is 4.79 Å². The predicted molar refractivity (Wildman–Crippen MR) is 246 cm³/mol. The number of benzene rings is 4. The molecule has 0 spiro atoms. The lowest BCUT2D eigenvalue weighted by Crippen LogP contribution is -2.53. The highest BCUT2D eigenvalue weighted by Crippen LogP contribution is 2.40. The van der Waals surface area contributed by atoms with Crippen molar-refractivity contribution >= 4 is 17.7 Å². The zero-order chi connectivity index (χ0) is 45.1. The van der Waals surface area contributed by atoms with Crippen LogP contribution in [0.25, 0.3) is 0 Å². The number of hydrogen-bond acceptors (Lipinski definition) is 13.